The molecule has 4 heterocycles. The minimum Gasteiger partial charge on any atom is -0.312 e. The number of likely N-dealkylation sites (tertiary alicyclic amines) is 1. The molecule has 4 rings (SSSR count). The number of nitrogens with zero attached hydrogens (tertiary/aromatic N) is 6. The van der Waals surface area contributed by atoms with Gasteiger partial charge in [0.15, 0.2) is 0 Å². The van der Waals surface area contributed by atoms with Crippen LogP contribution in [-0.4, -0.2) is 49.1 Å². The highest BCUT2D eigenvalue weighted by Gasteiger charge is 2.27. The average molecular weight is 366 g/mol. The molecular weight excluding hydrogens is 338 g/mol. The van der Waals surface area contributed by atoms with Crippen molar-refractivity contribution < 1.29 is 0 Å². The quantitative estimate of drug-likeness (QED) is 0.897. The van der Waals surface area contributed by atoms with Crippen LogP contribution in [0.25, 0.3) is 0 Å². The highest BCUT2D eigenvalue weighted by atomic mass is 35.5. The fourth-order valence-corrected chi connectivity index (χ4v) is 3.77. The topological polar surface area (TPSA) is 63.8 Å². The third-order valence-corrected chi connectivity index (χ3v) is 5.19. The zero-order valence-electron chi connectivity index (χ0n) is 15.1. The maximum absolute atomic E-state index is 4.49. The van der Waals surface area contributed by atoms with Crippen molar-refractivity contribution in [2.24, 2.45) is 0 Å². The molecule has 0 aromatic carbocycles. The zero-order valence-corrected chi connectivity index (χ0v) is 15.9. The van der Waals surface area contributed by atoms with E-state index in [0.717, 1.165) is 45.1 Å². The van der Waals surface area contributed by atoms with Gasteiger partial charge in [-0.2, -0.15) is 5.10 Å². The Hall–Kier alpha value is -1.44. The van der Waals surface area contributed by atoms with Crippen molar-refractivity contribution in [3.63, 3.8) is 0 Å². The highest BCUT2D eigenvalue weighted by molar-refractivity contribution is 5.85. The van der Waals surface area contributed by atoms with E-state index in [2.05, 4.69) is 50.1 Å². The van der Waals surface area contributed by atoms with Crippen LogP contribution < -0.4 is 5.32 Å². The van der Waals surface area contributed by atoms with E-state index in [1.807, 2.05) is 10.9 Å². The SMILES string of the molecule is CC(C)n1cc(CN2CCC(c3nnc4n3CCNC4)CC2)cn1.Cl. The van der Waals surface area contributed by atoms with Gasteiger partial charge in [0.25, 0.3) is 0 Å². The summed E-state index contributed by atoms with van der Waals surface area (Å²) < 4.78 is 4.38. The van der Waals surface area contributed by atoms with Crippen molar-refractivity contribution in [1.82, 2.24) is 34.8 Å². The lowest BCUT2D eigenvalue weighted by Crippen LogP contribution is -2.34. The Morgan fingerprint density at radius 3 is 2.72 bits per heavy atom. The lowest BCUT2D eigenvalue weighted by molar-refractivity contribution is 0.199. The first-order chi connectivity index (χ1) is 11.7. The van der Waals surface area contributed by atoms with Crippen molar-refractivity contribution in [3.8, 4) is 0 Å². The first-order valence-corrected chi connectivity index (χ1v) is 9.09. The van der Waals surface area contributed by atoms with Gasteiger partial charge < -0.3 is 9.88 Å². The summed E-state index contributed by atoms with van der Waals surface area (Å²) in [7, 11) is 0. The van der Waals surface area contributed by atoms with Crippen LogP contribution in [0.3, 0.4) is 0 Å². The van der Waals surface area contributed by atoms with Gasteiger partial charge in [-0.1, -0.05) is 0 Å². The van der Waals surface area contributed by atoms with Gasteiger partial charge in [-0.05, 0) is 39.8 Å². The van der Waals surface area contributed by atoms with Crippen LogP contribution in [-0.2, 0) is 19.6 Å². The van der Waals surface area contributed by atoms with E-state index in [1.165, 1.54) is 24.2 Å². The van der Waals surface area contributed by atoms with Crippen LogP contribution in [0, 0.1) is 0 Å². The van der Waals surface area contributed by atoms with Gasteiger partial charge in [-0.15, -0.1) is 22.6 Å². The maximum atomic E-state index is 4.49. The monoisotopic (exact) mass is 365 g/mol. The van der Waals surface area contributed by atoms with E-state index < -0.39 is 0 Å². The van der Waals surface area contributed by atoms with E-state index >= 15 is 0 Å². The molecule has 0 bridgehead atoms. The molecule has 25 heavy (non-hydrogen) atoms. The van der Waals surface area contributed by atoms with Crippen molar-refractivity contribution in [2.75, 3.05) is 19.6 Å². The van der Waals surface area contributed by atoms with Crippen LogP contribution in [0.15, 0.2) is 12.4 Å². The van der Waals surface area contributed by atoms with E-state index in [-0.39, 0.29) is 12.4 Å². The first-order valence-electron chi connectivity index (χ1n) is 9.09. The molecule has 1 fully saturated rings. The summed E-state index contributed by atoms with van der Waals surface area (Å²) in [5.41, 5.74) is 1.31. The molecule has 0 atom stereocenters. The molecule has 8 heteroatoms. The molecule has 0 saturated carbocycles. The molecule has 0 unspecified atom stereocenters. The molecule has 0 aliphatic carbocycles. The summed E-state index contributed by atoms with van der Waals surface area (Å²) >= 11 is 0. The minimum absolute atomic E-state index is 0. The second-order valence-electron chi connectivity index (χ2n) is 7.28. The second kappa shape index (κ2) is 7.85. The summed E-state index contributed by atoms with van der Waals surface area (Å²) in [6.07, 6.45) is 6.53. The first kappa shape index (κ1) is 18.4. The van der Waals surface area contributed by atoms with Crippen molar-refractivity contribution >= 4 is 12.4 Å². The van der Waals surface area contributed by atoms with Gasteiger partial charge in [0, 0.05) is 43.4 Å². The molecule has 7 nitrogen and oxygen atoms in total. The molecule has 0 amide bonds. The minimum atomic E-state index is 0. The van der Waals surface area contributed by atoms with E-state index in [1.54, 1.807) is 0 Å². The van der Waals surface area contributed by atoms with Gasteiger partial charge in [0.2, 0.25) is 0 Å². The van der Waals surface area contributed by atoms with Crippen molar-refractivity contribution in [1.29, 1.82) is 0 Å². The molecule has 138 valence electrons. The average Bonchev–Trinajstić information content (AvgIpc) is 3.23. The predicted octanol–water partition coefficient (Wildman–Crippen LogP) is 1.96. The molecule has 0 radical (unpaired) electrons. The van der Waals surface area contributed by atoms with Gasteiger partial charge in [0.05, 0.1) is 12.7 Å². The lowest BCUT2D eigenvalue weighted by Gasteiger charge is -2.31. The zero-order chi connectivity index (χ0) is 16.5. The Labute approximate surface area is 155 Å². The van der Waals surface area contributed by atoms with Crippen LogP contribution in [0.4, 0.5) is 0 Å². The van der Waals surface area contributed by atoms with Crippen molar-refractivity contribution in [2.45, 2.75) is 58.3 Å². The van der Waals surface area contributed by atoms with Crippen LogP contribution >= 0.6 is 12.4 Å². The molecule has 1 N–H and O–H groups in total. The van der Waals surface area contributed by atoms with Crippen LogP contribution in [0.1, 0.15) is 55.9 Å². The molecule has 2 aromatic heterocycles. The van der Waals surface area contributed by atoms with E-state index in [0.29, 0.717) is 12.0 Å². The molecule has 2 aliphatic rings. The number of rotatable bonds is 4. The van der Waals surface area contributed by atoms with Crippen LogP contribution in [0.5, 0.6) is 0 Å². The normalized spacial score (nSPS) is 19.0. The predicted molar refractivity (Wildman–Crippen MR) is 98.8 cm³/mol. The number of halogens is 1. The maximum Gasteiger partial charge on any atom is 0.147 e. The van der Waals surface area contributed by atoms with Gasteiger partial charge >= 0.3 is 0 Å². The lowest BCUT2D eigenvalue weighted by atomic mass is 9.95. The number of fused-ring (bicyclic) bond motifs is 1. The fourth-order valence-electron chi connectivity index (χ4n) is 3.77. The number of hydrogen-bond donors (Lipinski definition) is 1. The van der Waals surface area contributed by atoms with Gasteiger partial charge in [-0.25, -0.2) is 0 Å². The molecule has 1 saturated heterocycles. The van der Waals surface area contributed by atoms with E-state index in [4.69, 9.17) is 0 Å². The largest absolute Gasteiger partial charge is 0.312 e. The summed E-state index contributed by atoms with van der Waals surface area (Å²) in [4.78, 5) is 2.53. The van der Waals surface area contributed by atoms with Crippen LogP contribution in [0.2, 0.25) is 0 Å². The summed E-state index contributed by atoms with van der Waals surface area (Å²) in [6, 6.07) is 0.429. The molecule has 2 aliphatic heterocycles. The third kappa shape index (κ3) is 3.88. The highest BCUT2D eigenvalue weighted by Crippen LogP contribution is 2.28. The Morgan fingerprint density at radius 1 is 1.20 bits per heavy atom. The standard InChI is InChI=1S/C17H27N7.ClH/c1-13(2)24-12-14(9-19-24)11-22-6-3-15(4-7-22)17-21-20-16-10-18-5-8-23(16)17;/h9,12-13,15,18H,3-8,10-11H2,1-2H3;1H. The Morgan fingerprint density at radius 2 is 2.00 bits per heavy atom. The van der Waals surface area contributed by atoms with Crippen molar-refractivity contribution in [3.05, 3.63) is 29.6 Å². The summed E-state index contributed by atoms with van der Waals surface area (Å²) in [6.45, 7) is 10.5. The number of aromatic nitrogens is 5. The summed E-state index contributed by atoms with van der Waals surface area (Å²) in [5.74, 6) is 2.86. The third-order valence-electron chi connectivity index (χ3n) is 5.19. The summed E-state index contributed by atoms with van der Waals surface area (Å²) in [5, 5.41) is 16.7. The number of piperidine rings is 1. The number of nitrogens with one attached hydrogen (secondary N) is 1. The second-order valence-corrected chi connectivity index (χ2v) is 7.28. The molecule has 2 aromatic rings. The van der Waals surface area contributed by atoms with E-state index in [9.17, 15) is 0 Å². The Kier molecular flexibility index (Phi) is 5.76. The fraction of sp³-hybridized carbons (Fsp3) is 0.706. The molecular formula is C17H28ClN7. The molecule has 0 spiro atoms. The van der Waals surface area contributed by atoms with Gasteiger partial charge in [-0.3, -0.25) is 9.58 Å². The smallest absolute Gasteiger partial charge is 0.147 e. The number of hydrogen-bond acceptors (Lipinski definition) is 5. The Balaban J connectivity index is 0.00000182. The Bertz CT molecular complexity index is 685. The van der Waals surface area contributed by atoms with Gasteiger partial charge in [0.1, 0.15) is 11.6 Å².